The summed E-state index contributed by atoms with van der Waals surface area (Å²) in [4.78, 5) is 2.56. The molecule has 0 atom stereocenters. The van der Waals surface area contributed by atoms with Crippen molar-refractivity contribution in [2.24, 2.45) is 0 Å². The maximum Gasteiger partial charge on any atom is 0.434 e. The third kappa shape index (κ3) is 3.18. The van der Waals surface area contributed by atoms with Gasteiger partial charge in [-0.3, -0.25) is 0 Å². The zero-order chi connectivity index (χ0) is 11.9. The molecule has 0 spiro atoms. The van der Waals surface area contributed by atoms with Gasteiger partial charge in [0.2, 0.25) is 0 Å². The molecule has 1 aromatic rings. The van der Waals surface area contributed by atoms with Gasteiger partial charge in [-0.25, -0.2) is 13.4 Å². The maximum absolute atomic E-state index is 12.2. The zero-order valence-corrected chi connectivity index (χ0v) is 10.4. The van der Waals surface area contributed by atoms with Crippen LogP contribution in [0, 0.1) is 3.57 Å². The lowest BCUT2D eigenvalue weighted by Crippen LogP contribution is -2.11. The normalized spacial score (nSPS) is 12.9. The van der Waals surface area contributed by atoms with E-state index in [4.69, 9.17) is 10.7 Å². The van der Waals surface area contributed by atoms with Gasteiger partial charge in [-0.1, -0.05) is 0 Å². The van der Waals surface area contributed by atoms with Crippen LogP contribution in [-0.2, 0) is 15.2 Å². The average Bonchev–Trinajstić information content (AvgIpc) is 1.99. The Bertz CT molecular complexity index is 488. The van der Waals surface area contributed by atoms with E-state index in [9.17, 15) is 21.6 Å². The smallest absolute Gasteiger partial charge is 0.249 e. The fraction of sp³-hybridized carbons (Fsp3) is 0.167. The Morgan fingerprint density at radius 1 is 1.40 bits per heavy atom. The lowest BCUT2D eigenvalue weighted by molar-refractivity contribution is -0.142. The summed E-state index contributed by atoms with van der Waals surface area (Å²) in [6.07, 6.45) is -4.03. The molecule has 0 fully saturated rings. The van der Waals surface area contributed by atoms with Gasteiger partial charge in [0.15, 0.2) is 5.69 Å². The molecule has 1 rings (SSSR count). The minimum absolute atomic E-state index is 0.318. The minimum atomic E-state index is -4.61. The van der Waals surface area contributed by atoms with Gasteiger partial charge in [0, 0.05) is 20.4 Å². The summed E-state index contributed by atoms with van der Waals surface area (Å²) >= 11 is 1.35. The first kappa shape index (κ1) is 13.0. The molecule has 0 radical (unpaired) electrons. The monoisotopic (exact) mass is 371 g/mol. The summed E-state index contributed by atoms with van der Waals surface area (Å²) in [6.45, 7) is 0. The molecular weight excluding hydrogens is 369 g/mol. The highest BCUT2D eigenvalue weighted by molar-refractivity contribution is 14.1. The van der Waals surface area contributed by atoms with Gasteiger partial charge in [-0.15, -0.1) is 0 Å². The van der Waals surface area contributed by atoms with Crippen molar-refractivity contribution >= 4 is 42.3 Å². The number of halogens is 5. The average molecular weight is 372 g/mol. The summed E-state index contributed by atoms with van der Waals surface area (Å²) in [7, 11) is 0.895. The van der Waals surface area contributed by atoms with Crippen LogP contribution in [0.4, 0.5) is 13.2 Å². The third-order valence-corrected chi connectivity index (χ3v) is 3.51. The number of aromatic nitrogens is 1. The largest absolute Gasteiger partial charge is 0.434 e. The lowest BCUT2D eigenvalue weighted by Gasteiger charge is -2.07. The van der Waals surface area contributed by atoms with Gasteiger partial charge in [0.1, 0.15) is 4.90 Å². The number of hydrogen-bond donors (Lipinski definition) is 0. The van der Waals surface area contributed by atoms with Gasteiger partial charge in [-0.05, 0) is 28.7 Å². The maximum atomic E-state index is 12.2. The van der Waals surface area contributed by atoms with Gasteiger partial charge < -0.3 is 0 Å². The Morgan fingerprint density at radius 2 is 1.93 bits per heavy atom. The highest BCUT2D eigenvalue weighted by Crippen LogP contribution is 2.32. The van der Waals surface area contributed by atoms with Crippen LogP contribution in [0.3, 0.4) is 0 Å². The van der Waals surface area contributed by atoms with E-state index < -0.39 is 25.8 Å². The van der Waals surface area contributed by atoms with Crippen LogP contribution < -0.4 is 0 Å². The van der Waals surface area contributed by atoms with Gasteiger partial charge >= 0.3 is 6.18 Å². The van der Waals surface area contributed by atoms with Crippen LogP contribution in [0.25, 0.3) is 0 Å². The van der Waals surface area contributed by atoms with E-state index >= 15 is 0 Å². The quantitative estimate of drug-likeness (QED) is 0.563. The fourth-order valence-corrected chi connectivity index (χ4v) is 2.44. The molecule has 0 aromatic carbocycles. The van der Waals surface area contributed by atoms with Crippen molar-refractivity contribution in [2.45, 2.75) is 11.1 Å². The molecule has 0 unspecified atom stereocenters. The second-order valence-corrected chi connectivity index (χ2v) is 6.17. The summed E-state index contributed by atoms with van der Waals surface area (Å²) in [6, 6.07) is 0.818. The topological polar surface area (TPSA) is 47.0 Å². The van der Waals surface area contributed by atoms with E-state index in [-0.39, 0.29) is 3.57 Å². The Morgan fingerprint density at radius 3 is 2.27 bits per heavy atom. The highest BCUT2D eigenvalue weighted by Gasteiger charge is 2.35. The fourth-order valence-electron chi connectivity index (χ4n) is 0.762. The molecule has 0 amide bonds. The molecule has 15 heavy (non-hydrogen) atoms. The minimum Gasteiger partial charge on any atom is -0.249 e. The van der Waals surface area contributed by atoms with Crippen molar-refractivity contribution in [1.82, 2.24) is 4.98 Å². The molecule has 1 heterocycles. The molecule has 0 saturated carbocycles. The van der Waals surface area contributed by atoms with Crippen LogP contribution in [0.15, 0.2) is 17.2 Å². The third-order valence-electron chi connectivity index (χ3n) is 1.37. The molecule has 0 saturated heterocycles. The van der Waals surface area contributed by atoms with E-state index in [0.717, 1.165) is 6.07 Å². The molecular formula is C6H2ClF3INO2S. The first-order valence-electron chi connectivity index (χ1n) is 3.30. The van der Waals surface area contributed by atoms with Crippen molar-refractivity contribution in [3.8, 4) is 0 Å². The first-order chi connectivity index (χ1) is 6.62. The number of rotatable bonds is 1. The van der Waals surface area contributed by atoms with Crippen LogP contribution in [0.5, 0.6) is 0 Å². The van der Waals surface area contributed by atoms with Crippen molar-refractivity contribution in [2.75, 3.05) is 0 Å². The van der Waals surface area contributed by atoms with E-state index in [1.54, 1.807) is 0 Å². The Hall–Kier alpha value is -0.0900. The van der Waals surface area contributed by atoms with E-state index in [2.05, 4.69) is 4.98 Å². The molecule has 84 valence electrons. The molecule has 1 aromatic heterocycles. The summed E-state index contributed by atoms with van der Waals surface area (Å²) in [5, 5.41) is 0. The lowest BCUT2D eigenvalue weighted by atomic mass is 10.3. The standard InChI is InChI=1S/C6H2ClF3INO2S/c7-15(13,14)3-1-4(11)5(12-2-3)6(8,9)10/h1-2H. The van der Waals surface area contributed by atoms with Crippen molar-refractivity contribution in [3.63, 3.8) is 0 Å². The summed E-state index contributed by atoms with van der Waals surface area (Å²) in [5.41, 5.74) is -1.13. The molecule has 0 aliphatic heterocycles. The van der Waals surface area contributed by atoms with Crippen LogP contribution in [0.1, 0.15) is 5.69 Å². The highest BCUT2D eigenvalue weighted by atomic mass is 127. The first-order valence-corrected chi connectivity index (χ1v) is 6.68. The Balaban J connectivity index is 3.34. The van der Waals surface area contributed by atoms with E-state index in [1.165, 1.54) is 22.6 Å². The number of hydrogen-bond acceptors (Lipinski definition) is 3. The molecule has 3 nitrogen and oxygen atoms in total. The second-order valence-electron chi connectivity index (χ2n) is 2.44. The Kier molecular flexibility index (Phi) is 3.51. The SMILES string of the molecule is O=S(=O)(Cl)c1cnc(C(F)(F)F)c(I)c1. The van der Waals surface area contributed by atoms with E-state index in [1.807, 2.05) is 0 Å². The second kappa shape index (κ2) is 4.06. The molecule has 0 N–H and O–H groups in total. The van der Waals surface area contributed by atoms with E-state index in [0.29, 0.717) is 6.20 Å². The Labute approximate surface area is 101 Å². The molecule has 0 aliphatic carbocycles. The predicted octanol–water partition coefficient (Wildman–Crippen LogP) is 2.63. The van der Waals surface area contributed by atoms with Crippen molar-refractivity contribution in [3.05, 3.63) is 21.5 Å². The van der Waals surface area contributed by atoms with Crippen LogP contribution >= 0.6 is 33.3 Å². The summed E-state index contributed by atoms with van der Waals surface area (Å²) in [5.74, 6) is 0. The van der Waals surface area contributed by atoms with Gasteiger partial charge in [-0.2, -0.15) is 13.2 Å². The molecule has 0 aliphatic rings. The molecule has 0 bridgehead atoms. The number of pyridine rings is 1. The van der Waals surface area contributed by atoms with Gasteiger partial charge in [0.05, 0.1) is 0 Å². The number of alkyl halides is 3. The molecule has 9 heteroatoms. The van der Waals surface area contributed by atoms with Crippen LogP contribution in [-0.4, -0.2) is 13.4 Å². The van der Waals surface area contributed by atoms with Crippen molar-refractivity contribution < 1.29 is 21.6 Å². The van der Waals surface area contributed by atoms with Gasteiger partial charge in [0.25, 0.3) is 9.05 Å². The van der Waals surface area contributed by atoms with Crippen LogP contribution in [0.2, 0.25) is 0 Å². The summed E-state index contributed by atoms with van der Waals surface area (Å²) < 4.78 is 57.9. The zero-order valence-electron chi connectivity index (χ0n) is 6.72. The number of nitrogens with zero attached hydrogens (tertiary/aromatic N) is 1. The van der Waals surface area contributed by atoms with Crippen molar-refractivity contribution in [1.29, 1.82) is 0 Å². The predicted molar refractivity (Wildman–Crippen MR) is 55.0 cm³/mol.